The first-order valence-corrected chi connectivity index (χ1v) is 7.56. The molecule has 0 bridgehead atoms. The van der Waals surface area contributed by atoms with Crippen molar-refractivity contribution in [1.29, 1.82) is 0 Å². The number of carbonyl (C=O) groups is 1. The molecule has 1 aliphatic rings. The fraction of sp³-hybridized carbons (Fsp3) is 0.308. The predicted octanol–water partition coefficient (Wildman–Crippen LogP) is 0.507. The summed E-state index contributed by atoms with van der Waals surface area (Å²) in [7, 11) is -3.87. The molecule has 0 aromatic heterocycles. The van der Waals surface area contributed by atoms with Crippen LogP contribution in [0.15, 0.2) is 35.7 Å². The summed E-state index contributed by atoms with van der Waals surface area (Å²) in [6.45, 7) is -0.196. The van der Waals surface area contributed by atoms with Gasteiger partial charge in [0.25, 0.3) is 0 Å². The van der Waals surface area contributed by atoms with Crippen molar-refractivity contribution >= 4 is 22.1 Å². The van der Waals surface area contributed by atoms with Crippen LogP contribution in [0.25, 0.3) is 6.08 Å². The molecule has 7 heteroatoms. The largest absolute Gasteiger partial charge is 0.480 e. The Morgan fingerprint density at radius 1 is 1.30 bits per heavy atom. The highest BCUT2D eigenvalue weighted by molar-refractivity contribution is 7.92. The molecule has 20 heavy (non-hydrogen) atoms. The van der Waals surface area contributed by atoms with Gasteiger partial charge in [-0.2, -0.15) is 4.31 Å². The molecule has 108 valence electrons. The number of benzene rings is 1. The molecule has 0 saturated carbocycles. The van der Waals surface area contributed by atoms with Crippen LogP contribution in [-0.4, -0.2) is 47.6 Å². The van der Waals surface area contributed by atoms with Gasteiger partial charge in [-0.3, -0.25) is 4.79 Å². The highest BCUT2D eigenvalue weighted by Gasteiger charge is 2.41. The van der Waals surface area contributed by atoms with Gasteiger partial charge >= 0.3 is 5.97 Å². The average molecular weight is 297 g/mol. The number of sulfonamides is 1. The Balaban J connectivity index is 2.22. The van der Waals surface area contributed by atoms with Gasteiger partial charge in [-0.05, 0) is 11.6 Å². The highest BCUT2D eigenvalue weighted by Crippen LogP contribution is 2.23. The zero-order valence-corrected chi connectivity index (χ0v) is 11.4. The Morgan fingerprint density at radius 2 is 1.95 bits per heavy atom. The number of rotatable bonds is 4. The summed E-state index contributed by atoms with van der Waals surface area (Å²) >= 11 is 0. The van der Waals surface area contributed by atoms with Crippen molar-refractivity contribution in [3.63, 3.8) is 0 Å². The summed E-state index contributed by atoms with van der Waals surface area (Å²) in [5.41, 5.74) is 0.697. The SMILES string of the molecule is O=C(O)[C@@H]1CC(O)CN1S(=O)(=O)/C=C/c1ccccc1. The van der Waals surface area contributed by atoms with E-state index >= 15 is 0 Å². The monoisotopic (exact) mass is 297 g/mol. The number of aliphatic hydroxyl groups excluding tert-OH is 1. The highest BCUT2D eigenvalue weighted by atomic mass is 32.2. The Hall–Kier alpha value is -1.70. The van der Waals surface area contributed by atoms with Crippen molar-refractivity contribution in [2.75, 3.05) is 6.54 Å². The molecule has 1 unspecified atom stereocenters. The van der Waals surface area contributed by atoms with E-state index in [0.29, 0.717) is 5.56 Å². The van der Waals surface area contributed by atoms with Gasteiger partial charge in [0.1, 0.15) is 6.04 Å². The van der Waals surface area contributed by atoms with Crippen molar-refractivity contribution in [3.05, 3.63) is 41.3 Å². The standard InChI is InChI=1S/C13H15NO5S/c15-11-8-12(13(16)17)14(9-11)20(18,19)7-6-10-4-2-1-3-5-10/h1-7,11-12,15H,8-9H2,(H,16,17)/b7-6+/t11?,12-/m0/s1. The van der Waals surface area contributed by atoms with Crippen LogP contribution in [0, 0.1) is 0 Å². The van der Waals surface area contributed by atoms with E-state index in [1.165, 1.54) is 6.08 Å². The Bertz CT molecular complexity index is 611. The van der Waals surface area contributed by atoms with Crippen LogP contribution >= 0.6 is 0 Å². The Labute approximate surface area is 117 Å². The number of β-amino-alcohol motifs (C(OH)–C–C–N with tert-alkyl or cyclic N) is 1. The van der Waals surface area contributed by atoms with Gasteiger partial charge in [0.2, 0.25) is 10.0 Å². The van der Waals surface area contributed by atoms with E-state index in [1.807, 2.05) is 6.07 Å². The number of nitrogens with zero attached hydrogens (tertiary/aromatic N) is 1. The normalized spacial score (nSPS) is 24.2. The molecule has 1 fully saturated rings. The number of aliphatic carboxylic acids is 1. The smallest absolute Gasteiger partial charge is 0.322 e. The van der Waals surface area contributed by atoms with Crippen LogP contribution in [0.2, 0.25) is 0 Å². The first-order valence-electron chi connectivity index (χ1n) is 6.06. The fourth-order valence-corrected chi connectivity index (χ4v) is 3.49. The third-order valence-electron chi connectivity index (χ3n) is 3.08. The number of carboxylic acids is 1. The lowest BCUT2D eigenvalue weighted by atomic mass is 10.2. The summed E-state index contributed by atoms with van der Waals surface area (Å²) in [5, 5.41) is 19.5. The van der Waals surface area contributed by atoms with Gasteiger partial charge in [0, 0.05) is 18.4 Å². The number of carboxylic acid groups (broad SMARTS) is 1. The lowest BCUT2D eigenvalue weighted by molar-refractivity contribution is -0.140. The van der Waals surface area contributed by atoms with E-state index in [4.69, 9.17) is 5.11 Å². The van der Waals surface area contributed by atoms with Gasteiger partial charge in [0.15, 0.2) is 0 Å². The van der Waals surface area contributed by atoms with Crippen LogP contribution < -0.4 is 0 Å². The topological polar surface area (TPSA) is 94.9 Å². The predicted molar refractivity (Wildman–Crippen MR) is 73.1 cm³/mol. The summed E-state index contributed by atoms with van der Waals surface area (Å²) in [6.07, 6.45) is 0.364. The maximum atomic E-state index is 12.1. The summed E-state index contributed by atoms with van der Waals surface area (Å²) < 4.78 is 25.1. The maximum absolute atomic E-state index is 12.1. The third kappa shape index (κ3) is 3.24. The van der Waals surface area contributed by atoms with Gasteiger partial charge in [-0.1, -0.05) is 30.3 Å². The second-order valence-electron chi connectivity index (χ2n) is 4.57. The average Bonchev–Trinajstić information content (AvgIpc) is 2.81. The molecule has 6 nitrogen and oxygen atoms in total. The number of hydrogen-bond acceptors (Lipinski definition) is 4. The molecule has 1 aromatic rings. The molecule has 2 atom stereocenters. The van der Waals surface area contributed by atoms with Crippen LogP contribution in [0.1, 0.15) is 12.0 Å². The van der Waals surface area contributed by atoms with Crippen molar-refractivity contribution < 1.29 is 23.4 Å². The lowest BCUT2D eigenvalue weighted by Gasteiger charge is -2.18. The molecule has 2 rings (SSSR count). The molecule has 0 amide bonds. The van der Waals surface area contributed by atoms with Crippen LogP contribution in [-0.2, 0) is 14.8 Å². The van der Waals surface area contributed by atoms with Crippen LogP contribution in [0.4, 0.5) is 0 Å². The van der Waals surface area contributed by atoms with Gasteiger partial charge in [-0.15, -0.1) is 0 Å². The van der Waals surface area contributed by atoms with Crippen molar-refractivity contribution in [2.24, 2.45) is 0 Å². The first-order chi connectivity index (χ1) is 9.40. The van der Waals surface area contributed by atoms with Crippen molar-refractivity contribution in [1.82, 2.24) is 4.31 Å². The summed E-state index contributed by atoms with van der Waals surface area (Å²) in [5.74, 6) is -1.25. The third-order valence-corrected chi connectivity index (χ3v) is 4.61. The zero-order chi connectivity index (χ0) is 14.8. The number of aliphatic hydroxyl groups is 1. The maximum Gasteiger partial charge on any atom is 0.322 e. The van der Waals surface area contributed by atoms with Crippen LogP contribution in [0.3, 0.4) is 0 Å². The molecule has 1 aliphatic heterocycles. The Morgan fingerprint density at radius 3 is 2.55 bits per heavy atom. The molecule has 1 aromatic carbocycles. The Kier molecular flexibility index (Phi) is 4.22. The fourth-order valence-electron chi connectivity index (χ4n) is 2.10. The molecule has 0 aliphatic carbocycles. The second-order valence-corrected chi connectivity index (χ2v) is 6.34. The summed E-state index contributed by atoms with van der Waals surface area (Å²) in [4.78, 5) is 11.0. The van der Waals surface area contributed by atoms with E-state index in [9.17, 15) is 18.3 Å². The molecule has 2 N–H and O–H groups in total. The first kappa shape index (κ1) is 14.7. The molecular weight excluding hydrogens is 282 g/mol. The molecule has 0 spiro atoms. The summed E-state index contributed by atoms with van der Waals surface area (Å²) in [6, 6.07) is 7.61. The van der Waals surface area contributed by atoms with E-state index in [0.717, 1.165) is 9.71 Å². The van der Waals surface area contributed by atoms with Crippen LogP contribution in [0.5, 0.6) is 0 Å². The second kappa shape index (κ2) is 5.74. The lowest BCUT2D eigenvalue weighted by Crippen LogP contribution is -2.39. The minimum absolute atomic E-state index is 0.0895. The molecule has 1 heterocycles. The van der Waals surface area contributed by atoms with Gasteiger partial charge in [0.05, 0.1) is 6.10 Å². The molecule has 1 saturated heterocycles. The van der Waals surface area contributed by atoms with Gasteiger partial charge in [-0.25, -0.2) is 8.42 Å². The van der Waals surface area contributed by atoms with Crippen molar-refractivity contribution in [2.45, 2.75) is 18.6 Å². The molecule has 0 radical (unpaired) electrons. The van der Waals surface area contributed by atoms with E-state index < -0.39 is 28.1 Å². The molecular formula is C13H15NO5S. The van der Waals surface area contributed by atoms with E-state index in [-0.39, 0.29) is 13.0 Å². The number of hydrogen-bond donors (Lipinski definition) is 2. The van der Waals surface area contributed by atoms with E-state index in [1.54, 1.807) is 24.3 Å². The van der Waals surface area contributed by atoms with Gasteiger partial charge < -0.3 is 10.2 Å². The minimum atomic E-state index is -3.87. The quantitative estimate of drug-likeness (QED) is 0.844. The van der Waals surface area contributed by atoms with Crippen molar-refractivity contribution in [3.8, 4) is 0 Å². The minimum Gasteiger partial charge on any atom is -0.480 e. The zero-order valence-electron chi connectivity index (χ0n) is 10.6. The van der Waals surface area contributed by atoms with E-state index in [2.05, 4.69) is 0 Å².